The van der Waals surface area contributed by atoms with Gasteiger partial charge in [-0.2, -0.15) is 5.26 Å². The number of allylic oxidation sites excluding steroid dienone is 1. The van der Waals surface area contributed by atoms with Crippen molar-refractivity contribution in [1.29, 1.82) is 5.26 Å². The maximum Gasteiger partial charge on any atom is 0.149 e. The Balaban J connectivity index is 2.09. The third-order valence-corrected chi connectivity index (χ3v) is 4.06. The van der Waals surface area contributed by atoms with Crippen LogP contribution in [-0.4, -0.2) is 15.1 Å². The number of phenols is 1. The molecule has 0 saturated carbocycles. The summed E-state index contributed by atoms with van der Waals surface area (Å²) in [6.07, 6.45) is 1.57. The normalized spacial score (nSPS) is 11.7. The van der Waals surface area contributed by atoms with Crippen molar-refractivity contribution in [2.75, 3.05) is 0 Å². The van der Waals surface area contributed by atoms with E-state index in [0.717, 1.165) is 0 Å². The molecule has 1 heterocycles. The summed E-state index contributed by atoms with van der Waals surface area (Å²) in [5.74, 6) is -0.126. The van der Waals surface area contributed by atoms with Crippen molar-refractivity contribution in [3.05, 3.63) is 57.0 Å². The summed E-state index contributed by atoms with van der Waals surface area (Å²) in [4.78, 5) is 7.19. The molecule has 1 aromatic heterocycles. The zero-order valence-corrected chi connectivity index (χ0v) is 13.8. The lowest BCUT2D eigenvalue weighted by Crippen LogP contribution is -1.85. The summed E-state index contributed by atoms with van der Waals surface area (Å²) in [6.45, 7) is 0. The van der Waals surface area contributed by atoms with Gasteiger partial charge in [-0.05, 0) is 57.9 Å². The van der Waals surface area contributed by atoms with Gasteiger partial charge in [0.15, 0.2) is 0 Å². The highest BCUT2D eigenvalue weighted by Crippen LogP contribution is 2.34. The predicted molar refractivity (Wildman–Crippen MR) is 90.4 cm³/mol. The molecule has 0 fully saturated rings. The quantitative estimate of drug-likeness (QED) is 0.610. The van der Waals surface area contributed by atoms with Crippen molar-refractivity contribution in [3.63, 3.8) is 0 Å². The predicted octanol–water partition coefficient (Wildman–Crippen LogP) is 4.89. The van der Waals surface area contributed by atoms with Crippen LogP contribution in [0.15, 0.2) is 34.8 Å². The monoisotopic (exact) mass is 391 g/mol. The molecule has 7 heteroatoms. The average Bonchev–Trinajstić information content (AvgIpc) is 2.92. The molecule has 0 aliphatic carbocycles. The van der Waals surface area contributed by atoms with Crippen LogP contribution in [0, 0.1) is 17.1 Å². The van der Waals surface area contributed by atoms with Crippen LogP contribution in [0.4, 0.5) is 4.39 Å². The van der Waals surface area contributed by atoms with E-state index in [0.29, 0.717) is 26.9 Å². The zero-order chi connectivity index (χ0) is 16.6. The number of fused-ring (bicyclic) bond motifs is 1. The second-order valence-electron chi connectivity index (χ2n) is 4.75. The number of phenolic OH excluding ortho intramolecular Hbond substituents is 1. The summed E-state index contributed by atoms with van der Waals surface area (Å²) in [7, 11) is 0. The number of halogens is 3. The van der Waals surface area contributed by atoms with Crippen LogP contribution in [0.5, 0.6) is 5.75 Å². The first-order chi connectivity index (χ1) is 11.0. The van der Waals surface area contributed by atoms with E-state index in [2.05, 4.69) is 25.9 Å². The summed E-state index contributed by atoms with van der Waals surface area (Å²) in [6, 6.07) is 9.36. The molecule has 0 spiro atoms. The minimum Gasteiger partial charge on any atom is -0.505 e. The molecular formula is C16H8BrClFN3O. The maximum atomic E-state index is 13.2. The van der Waals surface area contributed by atoms with Crippen molar-refractivity contribution < 1.29 is 9.50 Å². The van der Waals surface area contributed by atoms with Crippen LogP contribution in [-0.2, 0) is 0 Å². The first-order valence-corrected chi connectivity index (χ1v) is 7.60. The van der Waals surface area contributed by atoms with E-state index in [4.69, 9.17) is 11.6 Å². The van der Waals surface area contributed by atoms with Crippen molar-refractivity contribution in [3.8, 4) is 11.8 Å². The molecule has 3 aromatic rings. The Labute approximate surface area is 144 Å². The number of imidazole rings is 1. The van der Waals surface area contributed by atoms with Crippen LogP contribution in [0.3, 0.4) is 0 Å². The smallest absolute Gasteiger partial charge is 0.149 e. The fraction of sp³-hybridized carbons (Fsp3) is 0. The van der Waals surface area contributed by atoms with E-state index in [-0.39, 0.29) is 22.2 Å². The number of hydrogen-bond donors (Lipinski definition) is 2. The Morgan fingerprint density at radius 3 is 2.87 bits per heavy atom. The van der Waals surface area contributed by atoms with Gasteiger partial charge in [-0.15, -0.1) is 0 Å². The Morgan fingerprint density at radius 2 is 2.17 bits per heavy atom. The number of H-pyrrole nitrogens is 1. The van der Waals surface area contributed by atoms with Crippen LogP contribution < -0.4 is 0 Å². The molecule has 23 heavy (non-hydrogen) atoms. The third kappa shape index (κ3) is 3.07. The van der Waals surface area contributed by atoms with Crippen molar-refractivity contribution in [2.24, 2.45) is 0 Å². The Bertz CT molecular complexity index is 968. The first kappa shape index (κ1) is 15.5. The van der Waals surface area contributed by atoms with E-state index < -0.39 is 0 Å². The highest BCUT2D eigenvalue weighted by Gasteiger charge is 2.10. The van der Waals surface area contributed by atoms with Crippen LogP contribution >= 0.6 is 27.5 Å². The standard InChI is InChI=1S/C16H8BrClFN3O/c17-11-4-8(5-12(18)15(11)23)3-9(7-20)16-21-13-2-1-10(19)6-14(13)22-16/h1-6,23H,(H,21,22)/b9-3-. The number of nitriles is 1. The molecule has 3 rings (SSSR count). The molecule has 0 aliphatic rings. The minimum atomic E-state index is -0.385. The lowest BCUT2D eigenvalue weighted by atomic mass is 10.1. The van der Waals surface area contributed by atoms with Gasteiger partial charge in [0.05, 0.1) is 26.1 Å². The summed E-state index contributed by atoms with van der Waals surface area (Å²) in [5, 5.41) is 19.2. The van der Waals surface area contributed by atoms with Gasteiger partial charge < -0.3 is 10.1 Å². The fourth-order valence-electron chi connectivity index (χ4n) is 2.10. The van der Waals surface area contributed by atoms with Gasteiger partial charge >= 0.3 is 0 Å². The summed E-state index contributed by atoms with van der Waals surface area (Å²) in [5.41, 5.74) is 1.94. The number of hydrogen-bond acceptors (Lipinski definition) is 3. The van der Waals surface area contributed by atoms with Crippen LogP contribution in [0.25, 0.3) is 22.7 Å². The van der Waals surface area contributed by atoms with Gasteiger partial charge in [-0.3, -0.25) is 0 Å². The van der Waals surface area contributed by atoms with Gasteiger partial charge in [0.2, 0.25) is 0 Å². The Kier molecular flexibility index (Phi) is 4.07. The second-order valence-corrected chi connectivity index (χ2v) is 6.01. The van der Waals surface area contributed by atoms with E-state index in [1.807, 2.05) is 6.07 Å². The van der Waals surface area contributed by atoms with Crippen LogP contribution in [0.1, 0.15) is 11.4 Å². The fourth-order valence-corrected chi connectivity index (χ4v) is 2.92. The van der Waals surface area contributed by atoms with Crippen molar-refractivity contribution >= 4 is 50.2 Å². The largest absolute Gasteiger partial charge is 0.505 e. The first-order valence-electron chi connectivity index (χ1n) is 6.43. The molecule has 0 saturated heterocycles. The van der Waals surface area contributed by atoms with Crippen molar-refractivity contribution in [1.82, 2.24) is 9.97 Å². The van der Waals surface area contributed by atoms with Gasteiger partial charge in [0.1, 0.15) is 23.5 Å². The number of benzene rings is 2. The Hall–Kier alpha value is -2.36. The molecule has 0 bridgehead atoms. The molecule has 0 radical (unpaired) electrons. The second kappa shape index (κ2) is 6.03. The lowest BCUT2D eigenvalue weighted by molar-refractivity contribution is 0.472. The van der Waals surface area contributed by atoms with Crippen molar-refractivity contribution in [2.45, 2.75) is 0 Å². The lowest BCUT2D eigenvalue weighted by Gasteiger charge is -2.02. The molecule has 2 N–H and O–H groups in total. The number of aromatic amines is 1. The number of aromatic hydroxyl groups is 1. The van der Waals surface area contributed by atoms with E-state index in [1.165, 1.54) is 24.3 Å². The minimum absolute atomic E-state index is 0.0680. The highest BCUT2D eigenvalue weighted by molar-refractivity contribution is 9.10. The third-order valence-electron chi connectivity index (χ3n) is 3.17. The number of nitrogens with zero attached hydrogens (tertiary/aromatic N) is 2. The van der Waals surface area contributed by atoms with Gasteiger partial charge in [-0.1, -0.05) is 11.6 Å². The number of nitrogens with one attached hydrogen (secondary N) is 1. The molecule has 0 amide bonds. The number of rotatable bonds is 2. The molecule has 0 atom stereocenters. The van der Waals surface area contributed by atoms with E-state index in [9.17, 15) is 14.8 Å². The molecule has 114 valence electrons. The summed E-state index contributed by atoms with van der Waals surface area (Å²) >= 11 is 9.11. The molecule has 0 unspecified atom stereocenters. The molecule has 0 aliphatic heterocycles. The average molecular weight is 393 g/mol. The van der Waals surface area contributed by atoms with Gasteiger partial charge in [0.25, 0.3) is 0 Å². The zero-order valence-electron chi connectivity index (χ0n) is 11.4. The SMILES string of the molecule is N#C/C(=C/c1cc(Cl)c(O)c(Br)c1)c1nc2ccc(F)cc2[nH]1. The van der Waals surface area contributed by atoms with Gasteiger partial charge in [-0.25, -0.2) is 9.37 Å². The highest BCUT2D eigenvalue weighted by atomic mass is 79.9. The number of aromatic nitrogens is 2. The summed E-state index contributed by atoms with van der Waals surface area (Å²) < 4.78 is 13.6. The molecule has 4 nitrogen and oxygen atoms in total. The topological polar surface area (TPSA) is 72.7 Å². The molecular weight excluding hydrogens is 385 g/mol. The Morgan fingerprint density at radius 1 is 1.39 bits per heavy atom. The van der Waals surface area contributed by atoms with E-state index in [1.54, 1.807) is 12.1 Å². The van der Waals surface area contributed by atoms with Crippen LogP contribution in [0.2, 0.25) is 5.02 Å². The molecule has 2 aromatic carbocycles. The van der Waals surface area contributed by atoms with Gasteiger partial charge in [0, 0.05) is 0 Å². The van der Waals surface area contributed by atoms with E-state index >= 15 is 0 Å². The maximum absolute atomic E-state index is 13.2.